The average molecular weight is 276 g/mol. The highest BCUT2D eigenvalue weighted by atomic mass is 15.2. The summed E-state index contributed by atoms with van der Waals surface area (Å²) < 4.78 is 0. The zero-order valence-corrected chi connectivity index (χ0v) is 13.0. The van der Waals surface area contributed by atoms with Crippen molar-refractivity contribution in [3.05, 3.63) is 23.9 Å². The number of nitrogens with zero attached hydrogens (tertiary/aromatic N) is 2. The number of nitrogen functional groups attached to an aromatic ring is 1. The predicted octanol–water partition coefficient (Wildman–Crippen LogP) is 2.04. The average Bonchev–Trinajstić information content (AvgIpc) is 2.38. The van der Waals surface area contributed by atoms with Crippen LogP contribution in [0.5, 0.6) is 0 Å². The van der Waals surface area contributed by atoms with Gasteiger partial charge in [0.05, 0.1) is 0 Å². The second kappa shape index (κ2) is 6.10. The van der Waals surface area contributed by atoms with Crippen molar-refractivity contribution < 1.29 is 0 Å². The third-order valence-corrected chi connectivity index (χ3v) is 4.89. The van der Waals surface area contributed by atoms with Crippen molar-refractivity contribution >= 4 is 5.82 Å². The van der Waals surface area contributed by atoms with Crippen LogP contribution in [-0.2, 0) is 6.42 Å². The maximum absolute atomic E-state index is 6.63. The lowest BCUT2D eigenvalue weighted by atomic mass is 9.70. The minimum atomic E-state index is 0.107. The lowest BCUT2D eigenvalue weighted by Gasteiger charge is -2.49. The molecule has 4 N–H and O–H groups in total. The Morgan fingerprint density at radius 3 is 2.85 bits per heavy atom. The molecule has 3 unspecified atom stereocenters. The van der Waals surface area contributed by atoms with E-state index in [-0.39, 0.29) is 11.6 Å². The number of rotatable bonds is 4. The van der Waals surface area contributed by atoms with Crippen molar-refractivity contribution in [2.45, 2.75) is 50.6 Å². The second-order valence-corrected chi connectivity index (χ2v) is 6.60. The van der Waals surface area contributed by atoms with E-state index in [0.29, 0.717) is 5.82 Å². The summed E-state index contributed by atoms with van der Waals surface area (Å²) in [7, 11) is 4.33. The fraction of sp³-hybridized carbons (Fsp3) is 0.688. The van der Waals surface area contributed by atoms with Gasteiger partial charge in [-0.25, -0.2) is 4.98 Å². The van der Waals surface area contributed by atoms with Crippen LogP contribution in [0.1, 0.15) is 38.2 Å². The normalized spacial score (nSPS) is 28.6. The van der Waals surface area contributed by atoms with Gasteiger partial charge in [0.2, 0.25) is 0 Å². The first-order valence-electron chi connectivity index (χ1n) is 7.57. The lowest BCUT2D eigenvalue weighted by Crippen LogP contribution is -2.60. The van der Waals surface area contributed by atoms with E-state index in [1.165, 1.54) is 31.2 Å². The molecule has 4 heteroatoms. The molecule has 0 spiro atoms. The predicted molar refractivity (Wildman–Crippen MR) is 84.4 cm³/mol. The Kier molecular flexibility index (Phi) is 4.66. The van der Waals surface area contributed by atoms with Crippen molar-refractivity contribution in [3.63, 3.8) is 0 Å². The van der Waals surface area contributed by atoms with Gasteiger partial charge >= 0.3 is 0 Å². The quantitative estimate of drug-likeness (QED) is 0.883. The van der Waals surface area contributed by atoms with E-state index < -0.39 is 0 Å². The molecule has 0 aliphatic heterocycles. The number of likely N-dealkylation sites (N-methyl/N-ethyl adjacent to an activating group) is 1. The fourth-order valence-electron chi connectivity index (χ4n) is 3.70. The van der Waals surface area contributed by atoms with Gasteiger partial charge < -0.3 is 16.4 Å². The van der Waals surface area contributed by atoms with Crippen LogP contribution < -0.4 is 11.5 Å². The molecule has 0 bridgehead atoms. The largest absolute Gasteiger partial charge is 0.384 e. The molecule has 20 heavy (non-hydrogen) atoms. The molecule has 1 aliphatic carbocycles. The second-order valence-electron chi connectivity index (χ2n) is 6.60. The van der Waals surface area contributed by atoms with Crippen LogP contribution in [0, 0.1) is 5.92 Å². The summed E-state index contributed by atoms with van der Waals surface area (Å²) in [6.45, 7) is 2.34. The topological polar surface area (TPSA) is 68.2 Å². The highest BCUT2D eigenvalue weighted by molar-refractivity contribution is 5.32. The van der Waals surface area contributed by atoms with Crippen LogP contribution in [0.4, 0.5) is 5.82 Å². The van der Waals surface area contributed by atoms with Crippen molar-refractivity contribution in [2.75, 3.05) is 19.8 Å². The summed E-state index contributed by atoms with van der Waals surface area (Å²) in [5.41, 5.74) is 13.7. The van der Waals surface area contributed by atoms with Crippen LogP contribution in [0.3, 0.4) is 0 Å². The van der Waals surface area contributed by atoms with Crippen LogP contribution in [-0.4, -0.2) is 35.6 Å². The third-order valence-electron chi connectivity index (χ3n) is 4.89. The standard InChI is InChI=1S/C16H28N4/c1-12-5-4-7-16(11-12,20(2)3)14(17)9-13-6-8-19-15(18)10-13/h6,8,10,12,14H,4-5,7,9,11,17H2,1-3H3,(H2,18,19). The van der Waals surface area contributed by atoms with Crippen LogP contribution >= 0.6 is 0 Å². The van der Waals surface area contributed by atoms with Crippen molar-refractivity contribution in [2.24, 2.45) is 11.7 Å². The Hall–Kier alpha value is -1.13. The molecule has 0 amide bonds. The minimum absolute atomic E-state index is 0.107. The Morgan fingerprint density at radius 1 is 1.50 bits per heavy atom. The molecule has 1 aliphatic rings. The van der Waals surface area contributed by atoms with Gasteiger partial charge in [0, 0.05) is 17.8 Å². The Bertz CT molecular complexity index is 446. The van der Waals surface area contributed by atoms with E-state index in [1.807, 2.05) is 12.1 Å². The molecular weight excluding hydrogens is 248 g/mol. The smallest absolute Gasteiger partial charge is 0.123 e. The van der Waals surface area contributed by atoms with Gasteiger partial charge in [0.25, 0.3) is 0 Å². The SMILES string of the molecule is CC1CCCC(C(N)Cc2ccnc(N)c2)(N(C)C)C1. The van der Waals surface area contributed by atoms with Gasteiger partial charge in [-0.2, -0.15) is 0 Å². The maximum atomic E-state index is 6.63. The molecule has 0 aromatic carbocycles. The van der Waals surface area contributed by atoms with E-state index in [2.05, 4.69) is 30.9 Å². The first kappa shape index (κ1) is 15.3. The van der Waals surface area contributed by atoms with Crippen molar-refractivity contribution in [3.8, 4) is 0 Å². The minimum Gasteiger partial charge on any atom is -0.384 e. The summed E-state index contributed by atoms with van der Waals surface area (Å²) in [5.74, 6) is 1.32. The monoisotopic (exact) mass is 276 g/mol. The molecule has 1 aromatic heterocycles. The molecule has 0 saturated heterocycles. The molecule has 2 rings (SSSR count). The van der Waals surface area contributed by atoms with Gasteiger partial charge in [-0.15, -0.1) is 0 Å². The van der Waals surface area contributed by atoms with E-state index in [9.17, 15) is 0 Å². The summed E-state index contributed by atoms with van der Waals surface area (Å²) in [4.78, 5) is 6.40. The summed E-state index contributed by atoms with van der Waals surface area (Å²) in [6.07, 6.45) is 7.59. The highest BCUT2D eigenvalue weighted by Gasteiger charge is 2.41. The fourth-order valence-corrected chi connectivity index (χ4v) is 3.70. The van der Waals surface area contributed by atoms with Crippen LogP contribution in [0.25, 0.3) is 0 Å². The molecule has 1 heterocycles. The number of aromatic nitrogens is 1. The zero-order valence-electron chi connectivity index (χ0n) is 13.0. The summed E-state index contributed by atoms with van der Waals surface area (Å²) in [5, 5.41) is 0. The first-order valence-corrected chi connectivity index (χ1v) is 7.57. The first-order chi connectivity index (χ1) is 9.44. The van der Waals surface area contributed by atoms with Gasteiger partial charge in [-0.05, 0) is 57.0 Å². The number of hydrogen-bond donors (Lipinski definition) is 2. The molecule has 1 saturated carbocycles. The van der Waals surface area contributed by atoms with Crippen LogP contribution in [0.15, 0.2) is 18.3 Å². The van der Waals surface area contributed by atoms with Gasteiger partial charge in [0.15, 0.2) is 0 Å². The summed E-state index contributed by atoms with van der Waals surface area (Å²) >= 11 is 0. The maximum Gasteiger partial charge on any atom is 0.123 e. The Labute approximate surface area is 122 Å². The highest BCUT2D eigenvalue weighted by Crippen LogP contribution is 2.38. The van der Waals surface area contributed by atoms with E-state index in [0.717, 1.165) is 12.3 Å². The van der Waals surface area contributed by atoms with E-state index in [4.69, 9.17) is 11.5 Å². The zero-order chi connectivity index (χ0) is 14.8. The molecule has 4 nitrogen and oxygen atoms in total. The van der Waals surface area contributed by atoms with E-state index >= 15 is 0 Å². The Balaban J connectivity index is 2.17. The molecule has 1 fully saturated rings. The molecule has 112 valence electrons. The van der Waals surface area contributed by atoms with E-state index in [1.54, 1.807) is 6.20 Å². The number of nitrogens with two attached hydrogens (primary N) is 2. The lowest BCUT2D eigenvalue weighted by molar-refractivity contribution is 0.0504. The van der Waals surface area contributed by atoms with Crippen molar-refractivity contribution in [1.29, 1.82) is 0 Å². The number of pyridine rings is 1. The molecular formula is C16H28N4. The number of anilines is 1. The molecule has 3 atom stereocenters. The third kappa shape index (κ3) is 3.13. The molecule has 0 radical (unpaired) electrons. The number of hydrogen-bond acceptors (Lipinski definition) is 4. The van der Waals surface area contributed by atoms with Crippen LogP contribution in [0.2, 0.25) is 0 Å². The van der Waals surface area contributed by atoms with Gasteiger partial charge in [0.1, 0.15) is 5.82 Å². The van der Waals surface area contributed by atoms with Crippen molar-refractivity contribution in [1.82, 2.24) is 9.88 Å². The Morgan fingerprint density at radius 2 is 2.25 bits per heavy atom. The van der Waals surface area contributed by atoms with Gasteiger partial charge in [-0.1, -0.05) is 19.8 Å². The molecule has 1 aromatic rings. The summed E-state index contributed by atoms with van der Waals surface area (Å²) in [6, 6.07) is 4.09. The van der Waals surface area contributed by atoms with Gasteiger partial charge in [-0.3, -0.25) is 0 Å².